The van der Waals surface area contributed by atoms with Crippen LogP contribution in [0.1, 0.15) is 90.4 Å². The fourth-order valence-electron chi connectivity index (χ4n) is 11.1. The highest BCUT2D eigenvalue weighted by atomic mass is 16.3. The summed E-state index contributed by atoms with van der Waals surface area (Å²) < 4.78 is 0. The summed E-state index contributed by atoms with van der Waals surface area (Å²) in [7, 11) is 0. The van der Waals surface area contributed by atoms with E-state index < -0.39 is 0 Å². The summed E-state index contributed by atoms with van der Waals surface area (Å²) in [6.45, 7) is 12.1. The number of aliphatic hydroxyl groups excluding tert-OH is 1. The molecule has 242 valence electrons. The van der Waals surface area contributed by atoms with Crippen molar-refractivity contribution in [2.24, 2.45) is 47.3 Å². The fourth-order valence-corrected chi connectivity index (χ4v) is 11.1. The van der Waals surface area contributed by atoms with Crippen LogP contribution in [0.25, 0.3) is 0 Å². The van der Waals surface area contributed by atoms with E-state index in [9.17, 15) is 5.11 Å². The van der Waals surface area contributed by atoms with Crippen LogP contribution in [0.2, 0.25) is 0 Å². The van der Waals surface area contributed by atoms with Crippen molar-refractivity contribution in [3.05, 3.63) is 0 Å². The van der Waals surface area contributed by atoms with Gasteiger partial charge in [-0.2, -0.15) is 0 Å². The minimum Gasteiger partial charge on any atom is -0.393 e. The Balaban J connectivity index is 0.978. The molecule has 0 aromatic rings. The Morgan fingerprint density at radius 3 is 2.10 bits per heavy atom. The van der Waals surface area contributed by atoms with Crippen LogP contribution in [-0.2, 0) is 0 Å². The second kappa shape index (κ2) is 15.8. The molecular weight excluding hydrogens is 520 g/mol. The summed E-state index contributed by atoms with van der Waals surface area (Å²) in [5.41, 5.74) is 0. The van der Waals surface area contributed by atoms with Gasteiger partial charge in [0.1, 0.15) is 0 Å². The van der Waals surface area contributed by atoms with Gasteiger partial charge in [0.2, 0.25) is 0 Å². The summed E-state index contributed by atoms with van der Waals surface area (Å²) in [6, 6.07) is 1.69. The van der Waals surface area contributed by atoms with Gasteiger partial charge in [-0.25, -0.2) is 0 Å². The topological polar surface area (TPSA) is 92.4 Å². The number of aliphatic hydroxyl groups is 1. The lowest BCUT2D eigenvalue weighted by Gasteiger charge is -2.53. The molecule has 7 nitrogen and oxygen atoms in total. The Kier molecular flexibility index (Phi) is 11.9. The van der Waals surface area contributed by atoms with Gasteiger partial charge in [0.15, 0.2) is 0 Å². The molecule has 0 bridgehead atoms. The van der Waals surface area contributed by atoms with Crippen molar-refractivity contribution in [2.45, 2.75) is 115 Å². The SMILES string of the molecule is C[C@@H](CNCC1CNC2CCCCC2NCCNCCNCCN1)[C@H]1CCC2C3CCC4CC(O)CCC4C3CCC21. The van der Waals surface area contributed by atoms with Crippen LogP contribution in [0.3, 0.4) is 0 Å². The van der Waals surface area contributed by atoms with Gasteiger partial charge in [0.25, 0.3) is 0 Å². The molecular formula is C35H66N6O. The van der Waals surface area contributed by atoms with E-state index in [4.69, 9.17) is 0 Å². The zero-order valence-corrected chi connectivity index (χ0v) is 26.9. The second-order valence-corrected chi connectivity index (χ2v) is 15.6. The predicted molar refractivity (Wildman–Crippen MR) is 174 cm³/mol. The molecule has 0 aromatic heterocycles. The van der Waals surface area contributed by atoms with Crippen molar-refractivity contribution in [3.8, 4) is 0 Å². The van der Waals surface area contributed by atoms with Gasteiger partial charge < -0.3 is 37.0 Å². The lowest BCUT2D eigenvalue weighted by Crippen LogP contribution is -2.55. The molecule has 1 heterocycles. The highest BCUT2D eigenvalue weighted by Crippen LogP contribution is 2.60. The molecule has 1 saturated heterocycles. The Morgan fingerprint density at radius 2 is 1.26 bits per heavy atom. The van der Waals surface area contributed by atoms with Crippen molar-refractivity contribution >= 4 is 0 Å². The molecule has 1 aliphatic heterocycles. The largest absolute Gasteiger partial charge is 0.393 e. The van der Waals surface area contributed by atoms with Crippen LogP contribution in [0.15, 0.2) is 0 Å². The third kappa shape index (κ3) is 7.92. The lowest BCUT2D eigenvalue weighted by atomic mass is 9.53. The lowest BCUT2D eigenvalue weighted by molar-refractivity contribution is -0.0517. The quantitative estimate of drug-likeness (QED) is 0.266. The standard InChI is InChI=1S/C35H66N6O/c1-24(28-10-11-33-30(28)12-13-31-29-9-7-27(42)20-25(29)6-8-32(31)33)21-38-22-26-23-41-35-5-3-2-4-34(35)40-19-17-37-15-14-36-16-18-39-26/h24-42H,2-23H2,1H3/t24-,25?,26?,27?,28+,29?,30?,31?,32?,33?,34?,35?/m0/s1. The number of hydrogen-bond acceptors (Lipinski definition) is 7. The van der Waals surface area contributed by atoms with Gasteiger partial charge in [0, 0.05) is 70.5 Å². The summed E-state index contributed by atoms with van der Waals surface area (Å²) in [5, 5.41) is 33.2. The van der Waals surface area contributed by atoms with E-state index in [0.29, 0.717) is 18.1 Å². The predicted octanol–water partition coefficient (Wildman–Crippen LogP) is 3.09. The maximum absolute atomic E-state index is 10.3. The summed E-state index contributed by atoms with van der Waals surface area (Å²) in [6.07, 6.45) is 17.6. The molecule has 0 radical (unpaired) electrons. The first-order chi connectivity index (χ1) is 20.7. The summed E-state index contributed by atoms with van der Waals surface area (Å²) in [5.74, 6) is 7.40. The van der Waals surface area contributed by atoms with Crippen LogP contribution >= 0.6 is 0 Å². The molecule has 6 fully saturated rings. The normalized spacial score (nSPS) is 44.9. The van der Waals surface area contributed by atoms with E-state index in [1.165, 1.54) is 77.2 Å². The van der Waals surface area contributed by atoms with Gasteiger partial charge in [0.05, 0.1) is 6.10 Å². The van der Waals surface area contributed by atoms with Crippen molar-refractivity contribution in [3.63, 3.8) is 0 Å². The highest BCUT2D eigenvalue weighted by molar-refractivity contribution is 5.02. The first-order valence-electron chi connectivity index (χ1n) is 18.7. The van der Waals surface area contributed by atoms with Crippen LogP contribution < -0.4 is 31.9 Å². The number of fused-ring (bicyclic) bond motifs is 6. The van der Waals surface area contributed by atoms with Crippen LogP contribution in [0.5, 0.6) is 0 Å². The zero-order chi connectivity index (χ0) is 28.7. The molecule has 12 atom stereocenters. The number of hydrogen-bond donors (Lipinski definition) is 7. The molecule has 5 saturated carbocycles. The molecule has 10 unspecified atom stereocenters. The molecule has 5 aliphatic carbocycles. The molecule has 6 rings (SSSR count). The monoisotopic (exact) mass is 587 g/mol. The van der Waals surface area contributed by atoms with Crippen LogP contribution in [-0.4, -0.2) is 88.2 Å². The third-order valence-corrected chi connectivity index (χ3v) is 13.2. The Bertz CT molecular complexity index is 799. The fraction of sp³-hybridized carbons (Fsp3) is 1.00. The van der Waals surface area contributed by atoms with Crippen molar-refractivity contribution in [1.82, 2.24) is 31.9 Å². The van der Waals surface area contributed by atoms with E-state index in [1.807, 2.05) is 0 Å². The maximum Gasteiger partial charge on any atom is 0.0543 e. The van der Waals surface area contributed by atoms with Crippen molar-refractivity contribution in [1.29, 1.82) is 0 Å². The van der Waals surface area contributed by atoms with E-state index in [1.54, 1.807) is 0 Å². The summed E-state index contributed by atoms with van der Waals surface area (Å²) in [4.78, 5) is 0. The number of nitrogens with one attached hydrogen (secondary N) is 6. The van der Waals surface area contributed by atoms with E-state index >= 15 is 0 Å². The Labute approximate surface area is 257 Å². The highest BCUT2D eigenvalue weighted by Gasteiger charge is 2.52. The molecule has 0 amide bonds. The van der Waals surface area contributed by atoms with Crippen molar-refractivity contribution in [2.75, 3.05) is 58.9 Å². The van der Waals surface area contributed by atoms with Gasteiger partial charge in [-0.05, 0) is 125 Å². The van der Waals surface area contributed by atoms with Gasteiger partial charge in [-0.1, -0.05) is 19.8 Å². The number of rotatable bonds is 5. The Morgan fingerprint density at radius 1 is 0.643 bits per heavy atom. The summed E-state index contributed by atoms with van der Waals surface area (Å²) >= 11 is 0. The van der Waals surface area contributed by atoms with Crippen LogP contribution in [0.4, 0.5) is 0 Å². The van der Waals surface area contributed by atoms with Gasteiger partial charge >= 0.3 is 0 Å². The third-order valence-electron chi connectivity index (χ3n) is 13.2. The van der Waals surface area contributed by atoms with Crippen LogP contribution in [0, 0.1) is 47.3 Å². The average Bonchev–Trinajstić information content (AvgIpc) is 3.44. The van der Waals surface area contributed by atoms with Crippen molar-refractivity contribution < 1.29 is 5.11 Å². The molecule has 7 N–H and O–H groups in total. The first kappa shape index (κ1) is 31.7. The smallest absolute Gasteiger partial charge is 0.0543 e. The molecule has 42 heavy (non-hydrogen) atoms. The molecule has 0 spiro atoms. The molecule has 6 aliphatic rings. The Hall–Kier alpha value is -0.280. The minimum atomic E-state index is -0.00565. The van der Waals surface area contributed by atoms with Gasteiger partial charge in [-0.3, -0.25) is 0 Å². The zero-order valence-electron chi connectivity index (χ0n) is 26.9. The van der Waals surface area contributed by atoms with Gasteiger partial charge in [-0.15, -0.1) is 0 Å². The first-order valence-corrected chi connectivity index (χ1v) is 18.7. The second-order valence-electron chi connectivity index (χ2n) is 15.6. The van der Waals surface area contributed by atoms with E-state index in [0.717, 1.165) is 113 Å². The average molecular weight is 587 g/mol. The maximum atomic E-state index is 10.3. The van der Waals surface area contributed by atoms with E-state index in [2.05, 4.69) is 38.8 Å². The minimum absolute atomic E-state index is 0.00565. The van der Waals surface area contributed by atoms with E-state index in [-0.39, 0.29) is 6.10 Å². The molecule has 0 aromatic carbocycles. The molecule has 7 heteroatoms.